The van der Waals surface area contributed by atoms with E-state index in [0.29, 0.717) is 23.0 Å². The normalized spacial score (nSPS) is 10.9. The fourth-order valence-corrected chi connectivity index (χ4v) is 3.59. The second kappa shape index (κ2) is 8.99. The van der Waals surface area contributed by atoms with Gasteiger partial charge in [0.05, 0.1) is 23.9 Å². The highest BCUT2D eigenvalue weighted by Crippen LogP contribution is 2.25. The van der Waals surface area contributed by atoms with Gasteiger partial charge in [-0.15, -0.1) is 0 Å². The monoisotopic (exact) mass is 452 g/mol. The van der Waals surface area contributed by atoms with Crippen molar-refractivity contribution < 1.29 is 14.3 Å². The molecule has 5 rings (SSSR count). The first kappa shape index (κ1) is 21.1. The minimum atomic E-state index is -0.922. The Labute approximate surface area is 194 Å². The second-order valence-electron chi connectivity index (χ2n) is 7.40. The molecule has 34 heavy (non-hydrogen) atoms. The first-order valence-electron chi connectivity index (χ1n) is 10.7. The van der Waals surface area contributed by atoms with Crippen LogP contribution in [0.5, 0.6) is 0 Å². The molecule has 9 heteroatoms. The molecule has 168 valence electrons. The highest BCUT2D eigenvalue weighted by molar-refractivity contribution is 6.37. The van der Waals surface area contributed by atoms with E-state index in [9.17, 15) is 9.59 Å². The van der Waals surface area contributed by atoms with Crippen LogP contribution in [-0.4, -0.2) is 38.2 Å². The zero-order chi connectivity index (χ0) is 23.5. The van der Waals surface area contributed by atoms with Crippen molar-refractivity contribution in [2.45, 2.75) is 6.92 Å². The SMILES string of the molecule is CCOC(=O)C(=O)Nc1ccc(Nc2ncc3cnn(-c4cccc5ccccc45)c3n2)cc1. The molecule has 0 bridgehead atoms. The number of amides is 1. The van der Waals surface area contributed by atoms with Crippen LogP contribution in [0.2, 0.25) is 0 Å². The van der Waals surface area contributed by atoms with E-state index >= 15 is 0 Å². The third kappa shape index (κ3) is 4.14. The lowest BCUT2D eigenvalue weighted by Crippen LogP contribution is -2.24. The summed E-state index contributed by atoms with van der Waals surface area (Å²) in [6.45, 7) is 1.78. The van der Waals surface area contributed by atoms with Crippen molar-refractivity contribution in [3.63, 3.8) is 0 Å². The standard InChI is InChI=1S/C25H20N6O3/c1-2-34-24(33)23(32)28-18-10-12-19(13-11-18)29-25-26-14-17-15-27-31(22(17)30-25)21-9-5-7-16-6-3-4-8-20(16)21/h3-15H,2H2,1H3,(H,28,32)(H,26,29,30). The molecule has 0 saturated carbocycles. The molecule has 0 aliphatic rings. The maximum absolute atomic E-state index is 11.8. The minimum absolute atomic E-state index is 0.138. The summed E-state index contributed by atoms with van der Waals surface area (Å²) in [5.74, 6) is -1.34. The molecule has 3 aromatic carbocycles. The number of ether oxygens (including phenoxy) is 1. The fraction of sp³-hybridized carbons (Fsp3) is 0.0800. The molecular formula is C25H20N6O3. The van der Waals surface area contributed by atoms with Gasteiger partial charge in [0.15, 0.2) is 5.65 Å². The van der Waals surface area contributed by atoms with Crippen LogP contribution in [0, 0.1) is 0 Å². The van der Waals surface area contributed by atoms with E-state index in [2.05, 4.69) is 48.6 Å². The van der Waals surface area contributed by atoms with E-state index in [1.54, 1.807) is 48.3 Å². The van der Waals surface area contributed by atoms with E-state index in [1.807, 2.05) is 24.3 Å². The molecule has 0 aliphatic carbocycles. The number of anilines is 3. The lowest BCUT2D eigenvalue weighted by Gasteiger charge is -2.09. The lowest BCUT2D eigenvalue weighted by molar-refractivity contribution is -0.152. The molecule has 2 heterocycles. The number of aromatic nitrogens is 4. The molecule has 0 saturated heterocycles. The van der Waals surface area contributed by atoms with Crippen molar-refractivity contribution in [2.24, 2.45) is 0 Å². The topological polar surface area (TPSA) is 111 Å². The van der Waals surface area contributed by atoms with Gasteiger partial charge in [0, 0.05) is 23.0 Å². The summed E-state index contributed by atoms with van der Waals surface area (Å²) in [6, 6.07) is 21.0. The van der Waals surface area contributed by atoms with Crippen LogP contribution in [0.15, 0.2) is 79.1 Å². The molecule has 9 nitrogen and oxygen atoms in total. The average Bonchev–Trinajstić information content (AvgIpc) is 3.28. The summed E-state index contributed by atoms with van der Waals surface area (Å²) in [6.07, 6.45) is 3.45. The third-order valence-corrected chi connectivity index (χ3v) is 5.16. The van der Waals surface area contributed by atoms with Gasteiger partial charge in [-0.25, -0.2) is 14.5 Å². The third-order valence-electron chi connectivity index (χ3n) is 5.16. The first-order chi connectivity index (χ1) is 16.6. The maximum Gasteiger partial charge on any atom is 0.397 e. The van der Waals surface area contributed by atoms with E-state index < -0.39 is 11.9 Å². The molecule has 2 aromatic heterocycles. The van der Waals surface area contributed by atoms with Crippen molar-refractivity contribution >= 4 is 51.0 Å². The number of hydrogen-bond acceptors (Lipinski definition) is 7. The largest absolute Gasteiger partial charge is 0.459 e. The summed E-state index contributed by atoms with van der Waals surface area (Å²) < 4.78 is 6.49. The predicted octanol–water partition coefficient (Wildman–Crippen LogP) is 4.21. The van der Waals surface area contributed by atoms with Crippen molar-refractivity contribution in [3.8, 4) is 5.69 Å². The first-order valence-corrected chi connectivity index (χ1v) is 10.7. The molecule has 0 unspecified atom stereocenters. The highest BCUT2D eigenvalue weighted by Gasteiger charge is 2.15. The summed E-state index contributed by atoms with van der Waals surface area (Å²) in [4.78, 5) is 32.3. The summed E-state index contributed by atoms with van der Waals surface area (Å²) >= 11 is 0. The Balaban J connectivity index is 1.39. The van der Waals surface area contributed by atoms with E-state index in [0.717, 1.165) is 21.8 Å². The molecule has 0 atom stereocenters. The van der Waals surface area contributed by atoms with Gasteiger partial charge in [-0.1, -0.05) is 36.4 Å². The summed E-state index contributed by atoms with van der Waals surface area (Å²) in [5.41, 5.74) is 2.78. The Morgan fingerprint density at radius 1 is 0.912 bits per heavy atom. The van der Waals surface area contributed by atoms with Gasteiger partial charge < -0.3 is 15.4 Å². The summed E-state index contributed by atoms with van der Waals surface area (Å²) in [7, 11) is 0. The summed E-state index contributed by atoms with van der Waals surface area (Å²) in [5, 5.41) is 13.2. The quantitative estimate of drug-likeness (QED) is 0.303. The molecule has 0 spiro atoms. The highest BCUT2D eigenvalue weighted by atomic mass is 16.5. The van der Waals surface area contributed by atoms with Crippen molar-refractivity contribution in [1.82, 2.24) is 19.7 Å². The molecular weight excluding hydrogens is 432 g/mol. The van der Waals surface area contributed by atoms with Crippen LogP contribution in [0.4, 0.5) is 17.3 Å². The zero-order valence-corrected chi connectivity index (χ0v) is 18.2. The van der Waals surface area contributed by atoms with E-state index in [-0.39, 0.29) is 6.61 Å². The van der Waals surface area contributed by atoms with E-state index in [1.165, 1.54) is 0 Å². The number of nitrogens with one attached hydrogen (secondary N) is 2. The molecule has 1 amide bonds. The fourth-order valence-electron chi connectivity index (χ4n) is 3.59. The molecule has 5 aromatic rings. The number of rotatable bonds is 5. The number of carbonyl (C=O) groups excluding carboxylic acids is 2. The van der Waals surface area contributed by atoms with Crippen molar-refractivity contribution in [3.05, 3.63) is 79.1 Å². The number of benzene rings is 3. The zero-order valence-electron chi connectivity index (χ0n) is 18.2. The Morgan fingerprint density at radius 3 is 2.50 bits per heavy atom. The predicted molar refractivity (Wildman–Crippen MR) is 129 cm³/mol. The van der Waals surface area contributed by atoms with Gasteiger partial charge in [0.2, 0.25) is 5.95 Å². The number of esters is 1. The molecule has 2 N–H and O–H groups in total. The maximum atomic E-state index is 11.8. The molecule has 0 aliphatic heterocycles. The molecule has 0 radical (unpaired) electrons. The van der Waals surface area contributed by atoms with Crippen molar-refractivity contribution in [2.75, 3.05) is 17.2 Å². The van der Waals surface area contributed by atoms with Crippen LogP contribution in [0.1, 0.15) is 6.92 Å². The number of carbonyl (C=O) groups is 2. The van der Waals surface area contributed by atoms with Gasteiger partial charge in [-0.05, 0) is 42.6 Å². The minimum Gasteiger partial charge on any atom is -0.459 e. The Kier molecular flexibility index (Phi) is 5.57. The smallest absolute Gasteiger partial charge is 0.397 e. The van der Waals surface area contributed by atoms with Gasteiger partial charge >= 0.3 is 11.9 Å². The Hall–Kier alpha value is -4.79. The number of nitrogens with zero attached hydrogens (tertiary/aromatic N) is 4. The number of hydrogen-bond donors (Lipinski definition) is 2. The molecule has 0 fully saturated rings. The number of fused-ring (bicyclic) bond motifs is 2. The van der Waals surface area contributed by atoms with Crippen LogP contribution < -0.4 is 10.6 Å². The van der Waals surface area contributed by atoms with Gasteiger partial charge in [-0.3, -0.25) is 4.79 Å². The van der Waals surface area contributed by atoms with E-state index in [4.69, 9.17) is 0 Å². The van der Waals surface area contributed by atoms with Crippen LogP contribution in [0.3, 0.4) is 0 Å². The van der Waals surface area contributed by atoms with Crippen molar-refractivity contribution in [1.29, 1.82) is 0 Å². The van der Waals surface area contributed by atoms with Crippen LogP contribution in [-0.2, 0) is 14.3 Å². The van der Waals surface area contributed by atoms with Gasteiger partial charge in [-0.2, -0.15) is 10.1 Å². The van der Waals surface area contributed by atoms with Gasteiger partial charge in [0.1, 0.15) is 0 Å². The van der Waals surface area contributed by atoms with Crippen LogP contribution in [0.25, 0.3) is 27.5 Å². The Morgan fingerprint density at radius 2 is 1.68 bits per heavy atom. The second-order valence-corrected chi connectivity index (χ2v) is 7.40. The Bertz CT molecular complexity index is 1510. The van der Waals surface area contributed by atoms with Crippen LogP contribution >= 0.6 is 0 Å². The average molecular weight is 452 g/mol. The lowest BCUT2D eigenvalue weighted by atomic mass is 10.1. The van der Waals surface area contributed by atoms with Gasteiger partial charge in [0.25, 0.3) is 0 Å².